The lowest BCUT2D eigenvalue weighted by Gasteiger charge is -2.32. The van der Waals surface area contributed by atoms with Crippen molar-refractivity contribution in [2.75, 3.05) is 6.61 Å². The standard InChI is InChI=1S/C26H21F7O2.C21H13F7O.C21H34O/c1-2-14-3-8-23(34-13-14)16-6-4-15(5-7-16)17-9-19(27)24(20(28)10-17)26(32,33)35-18-11-21(29)25(31)22(30)12-18;1-2-11-3-5-12(6-4-11)13-7-15(22)19(16(23)8-13)21(27,28)29-14-9-17(24)20(26)18(25)10-14;1-14-8-10-15(11-9-14)16-12-17(20(2,3)4)19(22)18(13-16)21(5,6)7/h4-7,9-12,14,23H,2-3,8,13H2,1H3;3-10H,2H2,1H3;12-15,22H,8-11H2,1-7H3. The van der Waals surface area contributed by atoms with Crippen LogP contribution in [0.1, 0.15) is 158 Å². The second-order valence-corrected chi connectivity index (χ2v) is 24.0. The van der Waals surface area contributed by atoms with Gasteiger partial charge in [0.2, 0.25) is 0 Å². The van der Waals surface area contributed by atoms with E-state index >= 15 is 0 Å². The van der Waals surface area contributed by atoms with E-state index in [2.05, 4.69) is 77.0 Å². The Hall–Kier alpha value is -7.08. The van der Waals surface area contributed by atoms with Gasteiger partial charge in [0.15, 0.2) is 34.9 Å². The molecule has 0 radical (unpaired) electrons. The van der Waals surface area contributed by atoms with Crippen molar-refractivity contribution in [3.63, 3.8) is 0 Å². The number of hydrogen-bond acceptors (Lipinski definition) is 4. The normalized spacial score (nSPS) is 17.5. The Morgan fingerprint density at radius 2 is 0.849 bits per heavy atom. The van der Waals surface area contributed by atoms with Gasteiger partial charge in [-0.05, 0) is 135 Å². The molecular formula is C68H68F14O4. The molecule has 0 spiro atoms. The van der Waals surface area contributed by atoms with Crippen LogP contribution in [0.5, 0.6) is 17.2 Å². The summed E-state index contributed by atoms with van der Waals surface area (Å²) in [5.74, 6) is -17.1. The first-order valence-corrected chi connectivity index (χ1v) is 28.3. The van der Waals surface area contributed by atoms with E-state index in [4.69, 9.17) is 4.74 Å². The summed E-state index contributed by atoms with van der Waals surface area (Å²) in [4.78, 5) is 0. The molecule has 2 unspecified atom stereocenters. The molecule has 1 N–H and O–H groups in total. The first kappa shape index (κ1) is 66.4. The van der Waals surface area contributed by atoms with Crippen LogP contribution in [-0.2, 0) is 34.2 Å². The van der Waals surface area contributed by atoms with Crippen molar-refractivity contribution in [3.8, 4) is 39.5 Å². The molecule has 4 nitrogen and oxygen atoms in total. The Bertz CT molecular complexity index is 3350. The molecular weight excluding hydrogens is 1150 g/mol. The van der Waals surface area contributed by atoms with Gasteiger partial charge in [-0.1, -0.05) is 142 Å². The summed E-state index contributed by atoms with van der Waals surface area (Å²) in [6.45, 7) is 20.2. The maximum absolute atomic E-state index is 14.6. The molecule has 1 aliphatic heterocycles. The fourth-order valence-electron chi connectivity index (χ4n) is 10.5. The van der Waals surface area contributed by atoms with Gasteiger partial charge in [-0.25, -0.2) is 43.9 Å². The number of aryl methyl sites for hydroxylation is 1. The number of alkyl halides is 4. The highest BCUT2D eigenvalue weighted by Gasteiger charge is 2.43. The van der Waals surface area contributed by atoms with Crippen LogP contribution in [-0.4, -0.2) is 11.7 Å². The van der Waals surface area contributed by atoms with Gasteiger partial charge in [-0.3, -0.25) is 0 Å². The van der Waals surface area contributed by atoms with Gasteiger partial charge >= 0.3 is 12.2 Å². The summed E-state index contributed by atoms with van der Waals surface area (Å²) in [6, 6.07) is 21.3. The van der Waals surface area contributed by atoms with Crippen molar-refractivity contribution >= 4 is 0 Å². The molecule has 1 saturated carbocycles. The van der Waals surface area contributed by atoms with Gasteiger partial charge in [0.25, 0.3) is 0 Å². The van der Waals surface area contributed by atoms with E-state index in [0.29, 0.717) is 59.6 Å². The molecule has 1 heterocycles. The first-order chi connectivity index (χ1) is 40.2. The fourth-order valence-corrected chi connectivity index (χ4v) is 10.5. The number of phenols is 1. The van der Waals surface area contributed by atoms with Crippen molar-refractivity contribution in [1.82, 2.24) is 0 Å². The third-order valence-corrected chi connectivity index (χ3v) is 15.6. The van der Waals surface area contributed by atoms with E-state index in [1.807, 2.05) is 6.92 Å². The lowest BCUT2D eigenvalue weighted by atomic mass is 9.74. The summed E-state index contributed by atoms with van der Waals surface area (Å²) >= 11 is 0. The average Bonchev–Trinajstić information content (AvgIpc) is 1.72. The van der Waals surface area contributed by atoms with Gasteiger partial charge in [-0.2, -0.15) is 17.6 Å². The second kappa shape index (κ2) is 26.9. The van der Waals surface area contributed by atoms with Crippen molar-refractivity contribution in [3.05, 3.63) is 206 Å². The maximum Gasteiger partial charge on any atom is 0.432 e. The Morgan fingerprint density at radius 3 is 1.19 bits per heavy atom. The highest BCUT2D eigenvalue weighted by atomic mass is 19.3. The predicted octanol–water partition coefficient (Wildman–Crippen LogP) is 21.1. The molecule has 462 valence electrons. The minimum Gasteiger partial charge on any atom is -0.507 e. The average molecular weight is 1220 g/mol. The number of halogens is 14. The monoisotopic (exact) mass is 1210 g/mol. The van der Waals surface area contributed by atoms with E-state index in [0.717, 1.165) is 53.9 Å². The van der Waals surface area contributed by atoms with E-state index < -0.39 is 93.0 Å². The summed E-state index contributed by atoms with van der Waals surface area (Å²) in [5.41, 5.74) is 2.80. The molecule has 1 aliphatic carbocycles. The third-order valence-electron chi connectivity index (χ3n) is 15.6. The molecule has 2 atom stereocenters. The van der Waals surface area contributed by atoms with Gasteiger partial charge in [0, 0.05) is 24.3 Å². The molecule has 2 fully saturated rings. The Kier molecular flexibility index (Phi) is 20.8. The minimum atomic E-state index is -4.64. The van der Waals surface area contributed by atoms with E-state index in [1.165, 1.54) is 31.2 Å². The van der Waals surface area contributed by atoms with Crippen LogP contribution in [0.4, 0.5) is 61.5 Å². The molecule has 86 heavy (non-hydrogen) atoms. The van der Waals surface area contributed by atoms with Crippen molar-refractivity contribution in [1.29, 1.82) is 0 Å². The number of phenolic OH excluding ortho intramolecular Hbond substituents is 1. The van der Waals surface area contributed by atoms with Crippen molar-refractivity contribution < 1.29 is 80.8 Å². The first-order valence-electron chi connectivity index (χ1n) is 28.3. The molecule has 0 amide bonds. The number of ether oxygens (including phenoxy) is 3. The zero-order valence-corrected chi connectivity index (χ0v) is 49.0. The van der Waals surface area contributed by atoms with Crippen LogP contribution in [0.15, 0.2) is 109 Å². The molecule has 0 bridgehead atoms. The quantitative estimate of drug-likeness (QED) is 0.0978. The zero-order valence-electron chi connectivity index (χ0n) is 49.0. The summed E-state index contributed by atoms with van der Waals surface area (Å²) in [5, 5.41) is 10.8. The van der Waals surface area contributed by atoms with Crippen LogP contribution in [0.2, 0.25) is 0 Å². The Balaban J connectivity index is 0.000000190. The summed E-state index contributed by atoms with van der Waals surface area (Å²) < 4.78 is 209. The van der Waals surface area contributed by atoms with Gasteiger partial charge < -0.3 is 19.3 Å². The van der Waals surface area contributed by atoms with E-state index in [1.54, 1.807) is 48.5 Å². The van der Waals surface area contributed by atoms with Crippen molar-refractivity contribution in [2.45, 2.75) is 149 Å². The number of hydrogen-bond donors (Lipinski definition) is 1. The minimum absolute atomic E-state index is 0.000538. The predicted molar refractivity (Wildman–Crippen MR) is 302 cm³/mol. The lowest BCUT2D eigenvalue weighted by molar-refractivity contribution is -0.190. The van der Waals surface area contributed by atoms with Crippen LogP contribution in [0.25, 0.3) is 22.3 Å². The van der Waals surface area contributed by atoms with Crippen molar-refractivity contribution in [2.24, 2.45) is 11.8 Å². The highest BCUT2D eigenvalue weighted by Crippen LogP contribution is 2.45. The SMILES string of the molecule is CC1CCC(c2cc(C(C)(C)C)c(O)c(C(C)(C)C)c2)CC1.CCC1CCC(c2ccc(-c3cc(F)c(C(F)(F)Oc4cc(F)c(F)c(F)c4)c(F)c3)cc2)OC1.CCc1ccc(-c2cc(F)c(C(F)(F)Oc3cc(F)c(F)c(F)c3)c(F)c2)cc1. The number of aromatic hydroxyl groups is 1. The zero-order chi connectivity index (χ0) is 63.4. The topological polar surface area (TPSA) is 47.9 Å². The largest absolute Gasteiger partial charge is 0.507 e. The van der Waals surface area contributed by atoms with Crippen LogP contribution in [0.3, 0.4) is 0 Å². The second-order valence-electron chi connectivity index (χ2n) is 24.0. The highest BCUT2D eigenvalue weighted by molar-refractivity contribution is 5.66. The molecule has 7 aromatic rings. The van der Waals surface area contributed by atoms with Gasteiger partial charge in [-0.15, -0.1) is 0 Å². The molecule has 1 saturated heterocycles. The summed E-state index contributed by atoms with van der Waals surface area (Å²) in [7, 11) is 0. The number of benzene rings is 7. The third kappa shape index (κ3) is 15.9. The molecule has 18 heteroatoms. The van der Waals surface area contributed by atoms with Gasteiger partial charge in [0.05, 0.1) is 12.7 Å². The smallest absolute Gasteiger partial charge is 0.432 e. The molecule has 0 aromatic heterocycles. The van der Waals surface area contributed by atoms with E-state index in [-0.39, 0.29) is 52.3 Å². The summed E-state index contributed by atoms with van der Waals surface area (Å²) in [6.07, 6.45) is -0.407. The number of rotatable bonds is 12. The van der Waals surface area contributed by atoms with Crippen LogP contribution >= 0.6 is 0 Å². The van der Waals surface area contributed by atoms with Crippen LogP contribution < -0.4 is 9.47 Å². The fraction of sp³-hybridized carbons (Fsp3) is 0.382. The Labute approximate surface area is 492 Å². The molecule has 9 rings (SSSR count). The molecule has 7 aromatic carbocycles. The Morgan fingerprint density at radius 1 is 0.465 bits per heavy atom. The van der Waals surface area contributed by atoms with Crippen LogP contribution in [0, 0.1) is 70.0 Å². The van der Waals surface area contributed by atoms with Gasteiger partial charge in [0.1, 0.15) is 51.6 Å². The molecule has 2 aliphatic rings. The van der Waals surface area contributed by atoms with E-state index in [9.17, 15) is 66.6 Å². The lowest BCUT2D eigenvalue weighted by Crippen LogP contribution is -2.25. The maximum atomic E-state index is 14.6.